The number of para-hydroxylation sites is 1. The van der Waals surface area contributed by atoms with Gasteiger partial charge in [0.05, 0.1) is 24.9 Å². The van der Waals surface area contributed by atoms with Gasteiger partial charge in [-0.2, -0.15) is 0 Å². The van der Waals surface area contributed by atoms with Gasteiger partial charge in [0.1, 0.15) is 34.8 Å². The van der Waals surface area contributed by atoms with E-state index < -0.39 is 36.7 Å². The summed E-state index contributed by atoms with van der Waals surface area (Å²) in [4.78, 5) is 80.9. The zero-order valence-corrected chi connectivity index (χ0v) is 36.5. The second-order valence-electron chi connectivity index (χ2n) is 16.9. The summed E-state index contributed by atoms with van der Waals surface area (Å²) in [7, 11) is 2.61. The van der Waals surface area contributed by atoms with Crippen molar-refractivity contribution in [2.75, 3.05) is 37.5 Å². The van der Waals surface area contributed by atoms with Gasteiger partial charge in [0.25, 0.3) is 0 Å². The summed E-state index contributed by atoms with van der Waals surface area (Å²) in [6.45, 7) is 4.76. The van der Waals surface area contributed by atoms with E-state index in [1.165, 1.54) is 19.1 Å². The number of methoxy groups -OCH3 is 2. The van der Waals surface area contributed by atoms with E-state index in [0.717, 1.165) is 46.3 Å². The molecule has 2 saturated heterocycles. The van der Waals surface area contributed by atoms with Gasteiger partial charge in [0.15, 0.2) is 0 Å². The molecule has 5 N–H and O–H groups in total. The van der Waals surface area contributed by atoms with Gasteiger partial charge in [-0.25, -0.2) is 9.78 Å². The number of nitrogens with zero attached hydrogens (tertiary/aromatic N) is 4. The Morgan fingerprint density at radius 3 is 2.24 bits per heavy atom. The van der Waals surface area contributed by atoms with E-state index >= 15 is 0 Å². The van der Waals surface area contributed by atoms with Crippen LogP contribution in [-0.4, -0.2) is 112 Å². The molecule has 4 aromatic rings. The van der Waals surface area contributed by atoms with E-state index in [4.69, 9.17) is 26.1 Å². The highest BCUT2D eigenvalue weighted by Gasteiger charge is 2.48. The van der Waals surface area contributed by atoms with Crippen molar-refractivity contribution >= 4 is 52.7 Å². The summed E-state index contributed by atoms with van der Waals surface area (Å²) < 4.78 is 9.72. The lowest BCUT2D eigenvalue weighted by atomic mass is 10.0. The lowest BCUT2D eigenvalue weighted by Crippen LogP contribution is -2.56. The normalized spacial score (nSPS) is 21.6. The van der Waals surface area contributed by atoms with E-state index in [0.29, 0.717) is 67.6 Å². The first kappa shape index (κ1) is 43.8. The van der Waals surface area contributed by atoms with Gasteiger partial charge >= 0.3 is 6.09 Å². The van der Waals surface area contributed by atoms with Crippen LogP contribution in [0.5, 0.6) is 0 Å². The average Bonchev–Trinajstić information content (AvgIpc) is 4.11. The number of amides is 5. The Kier molecular flexibility index (Phi) is 12.9. The molecule has 6 atom stereocenters. The van der Waals surface area contributed by atoms with Crippen LogP contribution < -0.4 is 20.9 Å². The van der Waals surface area contributed by atoms with E-state index in [1.807, 2.05) is 80.6 Å². The fourth-order valence-electron chi connectivity index (χ4n) is 9.43. The molecule has 4 aliphatic heterocycles. The molecule has 332 valence electrons. The predicted molar refractivity (Wildman–Crippen MR) is 235 cm³/mol. The van der Waals surface area contributed by atoms with Crippen molar-refractivity contribution in [3.63, 3.8) is 0 Å². The number of benzene rings is 3. The minimum absolute atomic E-state index is 0.0943. The average molecular weight is 881 g/mol. The number of carbonyl (C=O) groups excluding carboxylic acids is 5. The maximum atomic E-state index is 14.3. The summed E-state index contributed by atoms with van der Waals surface area (Å²) in [5, 5.41) is 18.9. The Morgan fingerprint density at radius 2 is 1.54 bits per heavy atom. The Hall–Kier alpha value is -5.81. The number of nitrogens with one attached hydrogen (secondary N) is 4. The molecule has 17 heteroatoms. The van der Waals surface area contributed by atoms with Crippen LogP contribution in [0.25, 0.3) is 22.4 Å². The van der Waals surface area contributed by atoms with Crippen LogP contribution in [0, 0.1) is 5.92 Å². The number of ether oxygens (including phenoxy) is 2. The smallest absolute Gasteiger partial charge is 0.407 e. The van der Waals surface area contributed by atoms with E-state index in [2.05, 4.69) is 20.9 Å². The van der Waals surface area contributed by atoms with Gasteiger partial charge in [-0.15, -0.1) is 0 Å². The molecule has 2 fully saturated rings. The number of aliphatic hydroxyl groups excluding tert-OH is 1. The lowest BCUT2D eigenvalue weighted by molar-refractivity contribution is -0.145. The van der Waals surface area contributed by atoms with Crippen LogP contribution in [0.4, 0.5) is 16.2 Å². The van der Waals surface area contributed by atoms with Gasteiger partial charge in [-0.05, 0) is 78.8 Å². The summed E-state index contributed by atoms with van der Waals surface area (Å²) in [6.07, 6.45) is 1.91. The number of hydrogen-bond donors (Lipinski definition) is 5. The van der Waals surface area contributed by atoms with Crippen molar-refractivity contribution in [2.45, 2.75) is 95.4 Å². The Morgan fingerprint density at radius 1 is 0.873 bits per heavy atom. The SMILES string of the molecule is COC(=O)NC1CCc2cccc3c2N(C1=O)C(C(=O)N1CCCC1C(=O)Nc1ccc(-c2ccc(-c4nc(C5CCCN5C(=O)C(NC(O)OC)C(C)C)[nH]c4Cl)cc2)cc1)C3. The lowest BCUT2D eigenvalue weighted by Gasteiger charge is -2.32. The highest BCUT2D eigenvalue weighted by atomic mass is 35.5. The van der Waals surface area contributed by atoms with Crippen LogP contribution in [0.3, 0.4) is 0 Å². The summed E-state index contributed by atoms with van der Waals surface area (Å²) in [5.41, 5.74) is 6.35. The van der Waals surface area contributed by atoms with Crippen LogP contribution in [0.1, 0.15) is 68.9 Å². The maximum Gasteiger partial charge on any atom is 0.407 e. The quantitative estimate of drug-likeness (QED) is 0.119. The maximum absolute atomic E-state index is 14.3. The number of aliphatic hydroxyl groups is 1. The second-order valence-corrected chi connectivity index (χ2v) is 17.2. The minimum Gasteiger partial charge on any atom is -0.453 e. The largest absolute Gasteiger partial charge is 0.453 e. The number of alkyl carbamates (subject to hydrolysis) is 1. The van der Waals surface area contributed by atoms with Crippen molar-refractivity contribution in [1.29, 1.82) is 0 Å². The molecular weight excluding hydrogens is 828 g/mol. The van der Waals surface area contributed by atoms with Crippen molar-refractivity contribution in [3.05, 3.63) is 88.8 Å². The predicted octanol–water partition coefficient (Wildman–Crippen LogP) is 5.16. The number of anilines is 2. The van der Waals surface area contributed by atoms with Gasteiger partial charge in [-0.3, -0.25) is 29.4 Å². The third-order valence-corrected chi connectivity index (χ3v) is 12.9. The Balaban J connectivity index is 0.914. The number of H-pyrrole nitrogens is 1. The third kappa shape index (κ3) is 8.77. The van der Waals surface area contributed by atoms with Crippen molar-refractivity contribution < 1.29 is 38.6 Å². The molecule has 4 aliphatic rings. The number of likely N-dealkylation sites (tertiary alicyclic amines) is 2. The highest BCUT2D eigenvalue weighted by molar-refractivity contribution is 6.32. The molecule has 0 saturated carbocycles. The van der Waals surface area contributed by atoms with Gasteiger partial charge < -0.3 is 40.0 Å². The van der Waals surface area contributed by atoms with Crippen LogP contribution >= 0.6 is 11.6 Å². The molecule has 3 aromatic carbocycles. The minimum atomic E-state index is -1.27. The molecule has 0 aliphatic carbocycles. The molecule has 0 bridgehead atoms. The highest BCUT2D eigenvalue weighted by Crippen LogP contribution is 2.41. The van der Waals surface area contributed by atoms with Gasteiger partial charge in [0.2, 0.25) is 30.0 Å². The van der Waals surface area contributed by atoms with Crippen LogP contribution in [-0.2, 0) is 41.5 Å². The number of rotatable bonds is 12. The number of aryl methyl sites for hydroxylation is 1. The first-order chi connectivity index (χ1) is 30.4. The number of carbonyl (C=O) groups is 5. The topological polar surface area (TPSA) is 199 Å². The Labute approximate surface area is 370 Å². The van der Waals surface area contributed by atoms with E-state index in [-0.39, 0.29) is 35.6 Å². The van der Waals surface area contributed by atoms with Gasteiger partial charge in [0, 0.05) is 37.9 Å². The van der Waals surface area contributed by atoms with Crippen LogP contribution in [0.2, 0.25) is 5.15 Å². The zero-order valence-electron chi connectivity index (χ0n) is 35.7. The molecule has 5 heterocycles. The summed E-state index contributed by atoms with van der Waals surface area (Å²) >= 11 is 6.71. The van der Waals surface area contributed by atoms with Crippen molar-refractivity contribution in [1.82, 2.24) is 30.4 Å². The van der Waals surface area contributed by atoms with Gasteiger partial charge in [-0.1, -0.05) is 80.0 Å². The van der Waals surface area contributed by atoms with Crippen molar-refractivity contribution in [2.24, 2.45) is 5.92 Å². The molecule has 8 rings (SSSR count). The summed E-state index contributed by atoms with van der Waals surface area (Å²) in [5.74, 6) is -0.605. The Bertz CT molecular complexity index is 2370. The molecule has 63 heavy (non-hydrogen) atoms. The van der Waals surface area contributed by atoms with Crippen molar-refractivity contribution in [3.8, 4) is 22.4 Å². The zero-order chi connectivity index (χ0) is 44.5. The molecule has 5 amide bonds. The summed E-state index contributed by atoms with van der Waals surface area (Å²) in [6, 6.07) is 17.7. The molecule has 16 nitrogen and oxygen atoms in total. The number of halogens is 1. The first-order valence-corrected chi connectivity index (χ1v) is 21.9. The number of imidazole rings is 1. The number of aromatic nitrogens is 2. The first-order valence-electron chi connectivity index (χ1n) is 21.5. The number of aromatic amines is 1. The third-order valence-electron chi connectivity index (χ3n) is 12.7. The second kappa shape index (κ2) is 18.5. The van der Waals surface area contributed by atoms with Crippen LogP contribution in [0.15, 0.2) is 66.7 Å². The molecule has 6 unspecified atom stereocenters. The standard InChI is InChI=1S/C46H53ClN8O8/c1-25(2)36(51-46(61)63-4)44(59)53-22-6-10-33(53)40-50-37(39(47)52-40)28-14-12-26(13-15-28)27-16-19-31(20-17-27)48-41(56)34-11-7-23-54(34)43(58)35-24-30-9-5-8-29-18-21-32(49-45(60)62-3)42(57)55(35)38(29)30/h5,8-9,12-17,19-20,25,32-36,46,51,61H,6-7,10-11,18,21-24H2,1-4H3,(H,48,56)(H,49,60)(H,50,52). The fourth-order valence-corrected chi connectivity index (χ4v) is 9.68. The molecular formula is C46H53ClN8O8. The van der Waals surface area contributed by atoms with E-state index in [1.54, 1.807) is 9.80 Å². The molecule has 1 aromatic heterocycles. The molecule has 0 radical (unpaired) electrons. The fraction of sp³-hybridized carbons (Fsp3) is 0.435. The van der Waals surface area contributed by atoms with E-state index in [9.17, 15) is 29.1 Å². The monoisotopic (exact) mass is 880 g/mol. The number of hydrogen-bond acceptors (Lipinski definition) is 10. The molecule has 0 spiro atoms.